The zero-order chi connectivity index (χ0) is 18.4. The Hall–Kier alpha value is -3.28. The second kappa shape index (κ2) is 8.20. The lowest BCUT2D eigenvalue weighted by Gasteiger charge is -2.22. The molecular weight excluding hydrogens is 328 g/mol. The van der Waals surface area contributed by atoms with Crippen LogP contribution in [-0.2, 0) is 16.1 Å². The van der Waals surface area contributed by atoms with Gasteiger partial charge in [-0.15, -0.1) is 0 Å². The van der Waals surface area contributed by atoms with Crippen molar-refractivity contribution >= 4 is 28.4 Å². The Morgan fingerprint density at radius 1 is 1.04 bits per heavy atom. The van der Waals surface area contributed by atoms with Gasteiger partial charge in [0.2, 0.25) is 11.8 Å². The second-order valence-electron chi connectivity index (χ2n) is 5.91. The highest BCUT2D eigenvalue weighted by Gasteiger charge is 2.16. The van der Waals surface area contributed by atoms with Crippen LogP contribution in [0.1, 0.15) is 18.9 Å². The number of nitrogens with zero attached hydrogens (tertiary/aromatic N) is 3. The van der Waals surface area contributed by atoms with Crippen LogP contribution in [0.15, 0.2) is 61.1 Å². The number of nitrogens with one attached hydrogen (secondary N) is 1. The molecule has 0 saturated heterocycles. The Morgan fingerprint density at radius 2 is 1.81 bits per heavy atom. The highest BCUT2D eigenvalue weighted by Crippen LogP contribution is 2.25. The van der Waals surface area contributed by atoms with Crippen molar-refractivity contribution in [3.8, 4) is 0 Å². The summed E-state index contributed by atoms with van der Waals surface area (Å²) in [4.78, 5) is 34.2. The average Bonchev–Trinajstić information content (AvgIpc) is 2.67. The molecule has 2 aromatic heterocycles. The first-order valence-corrected chi connectivity index (χ1v) is 8.42. The van der Waals surface area contributed by atoms with E-state index in [4.69, 9.17) is 0 Å². The topological polar surface area (TPSA) is 75.2 Å². The zero-order valence-corrected chi connectivity index (χ0v) is 14.6. The van der Waals surface area contributed by atoms with Gasteiger partial charge in [-0.1, -0.05) is 18.2 Å². The van der Waals surface area contributed by atoms with E-state index in [1.54, 1.807) is 23.5 Å². The largest absolute Gasteiger partial charge is 0.352 e. The van der Waals surface area contributed by atoms with E-state index in [0.29, 0.717) is 13.1 Å². The molecule has 6 heteroatoms. The van der Waals surface area contributed by atoms with Gasteiger partial charge in [0.15, 0.2) is 0 Å². The van der Waals surface area contributed by atoms with E-state index in [-0.39, 0.29) is 18.2 Å². The van der Waals surface area contributed by atoms with Gasteiger partial charge in [0.1, 0.15) is 0 Å². The monoisotopic (exact) mass is 348 g/mol. The Labute approximate surface area is 151 Å². The molecular formula is C20H20N4O2. The highest BCUT2D eigenvalue weighted by molar-refractivity contribution is 6.01. The molecule has 3 aromatic rings. The third-order valence-electron chi connectivity index (χ3n) is 4.08. The van der Waals surface area contributed by atoms with E-state index in [2.05, 4.69) is 15.3 Å². The van der Waals surface area contributed by atoms with Crippen molar-refractivity contribution in [1.82, 2.24) is 15.3 Å². The minimum Gasteiger partial charge on any atom is -0.352 e. The molecule has 0 radical (unpaired) electrons. The van der Waals surface area contributed by atoms with Gasteiger partial charge in [0.25, 0.3) is 0 Å². The third kappa shape index (κ3) is 4.22. The van der Waals surface area contributed by atoms with Crippen LogP contribution in [0.25, 0.3) is 10.9 Å². The van der Waals surface area contributed by atoms with E-state index in [1.807, 2.05) is 42.5 Å². The van der Waals surface area contributed by atoms with Crippen molar-refractivity contribution in [1.29, 1.82) is 0 Å². The summed E-state index contributed by atoms with van der Waals surface area (Å²) < 4.78 is 0. The number of hydrogen-bond acceptors (Lipinski definition) is 4. The Bertz CT molecular complexity index is 907. The number of benzene rings is 1. The number of amides is 2. The van der Waals surface area contributed by atoms with Crippen molar-refractivity contribution in [2.24, 2.45) is 0 Å². The highest BCUT2D eigenvalue weighted by atomic mass is 16.2. The van der Waals surface area contributed by atoms with E-state index in [1.165, 1.54) is 6.92 Å². The van der Waals surface area contributed by atoms with E-state index in [9.17, 15) is 9.59 Å². The summed E-state index contributed by atoms with van der Waals surface area (Å²) in [7, 11) is 0. The quantitative estimate of drug-likeness (QED) is 0.743. The molecule has 0 saturated carbocycles. The van der Waals surface area contributed by atoms with Gasteiger partial charge in [-0.05, 0) is 29.8 Å². The molecule has 2 heterocycles. The van der Waals surface area contributed by atoms with Crippen molar-refractivity contribution < 1.29 is 9.59 Å². The summed E-state index contributed by atoms with van der Waals surface area (Å²) in [5.41, 5.74) is 2.45. The maximum atomic E-state index is 12.2. The van der Waals surface area contributed by atoms with Crippen molar-refractivity contribution in [2.75, 3.05) is 11.4 Å². The molecule has 3 rings (SSSR count). The van der Waals surface area contributed by atoms with Gasteiger partial charge < -0.3 is 10.2 Å². The molecule has 1 N–H and O–H groups in total. The molecule has 132 valence electrons. The van der Waals surface area contributed by atoms with Crippen LogP contribution in [-0.4, -0.2) is 28.3 Å². The average molecular weight is 348 g/mol. The van der Waals surface area contributed by atoms with Crippen molar-refractivity contribution in [2.45, 2.75) is 19.9 Å². The molecule has 0 aliphatic rings. The first-order valence-electron chi connectivity index (χ1n) is 8.42. The van der Waals surface area contributed by atoms with Gasteiger partial charge in [0.05, 0.1) is 11.2 Å². The minimum atomic E-state index is -0.120. The number of carbonyl (C=O) groups is 2. The number of aromatic nitrogens is 2. The SMILES string of the molecule is CC(=O)N(CCC(=O)NCc1ccncc1)c1cccc2cccnc12. The minimum absolute atomic E-state index is 0.110. The lowest BCUT2D eigenvalue weighted by atomic mass is 10.1. The van der Waals surface area contributed by atoms with Gasteiger partial charge in [-0.25, -0.2) is 0 Å². The number of fused-ring (bicyclic) bond motifs is 1. The van der Waals surface area contributed by atoms with Crippen LogP contribution in [0.3, 0.4) is 0 Å². The summed E-state index contributed by atoms with van der Waals surface area (Å²) in [6, 6.07) is 13.2. The van der Waals surface area contributed by atoms with Crippen LogP contribution >= 0.6 is 0 Å². The maximum Gasteiger partial charge on any atom is 0.223 e. The maximum absolute atomic E-state index is 12.2. The number of pyridine rings is 2. The van der Waals surface area contributed by atoms with Gasteiger partial charge >= 0.3 is 0 Å². The van der Waals surface area contributed by atoms with E-state index >= 15 is 0 Å². The molecule has 1 aromatic carbocycles. The standard InChI is InChI=1S/C20H20N4O2/c1-15(25)24(18-6-2-4-17-5-3-10-22-20(17)18)13-9-19(26)23-14-16-7-11-21-12-8-16/h2-8,10-12H,9,13-14H2,1H3,(H,23,26). The fourth-order valence-corrected chi connectivity index (χ4v) is 2.76. The Kier molecular flexibility index (Phi) is 5.53. The van der Waals surface area contributed by atoms with Gasteiger partial charge in [-0.3, -0.25) is 19.6 Å². The molecule has 26 heavy (non-hydrogen) atoms. The van der Waals surface area contributed by atoms with Crippen LogP contribution in [0.4, 0.5) is 5.69 Å². The predicted octanol–water partition coefficient (Wildman–Crippen LogP) is 2.69. The number of rotatable bonds is 6. The first-order chi connectivity index (χ1) is 12.6. The van der Waals surface area contributed by atoms with Crippen molar-refractivity contribution in [3.63, 3.8) is 0 Å². The van der Waals surface area contributed by atoms with Crippen LogP contribution in [0.5, 0.6) is 0 Å². The summed E-state index contributed by atoms with van der Waals surface area (Å²) in [5, 5.41) is 3.82. The van der Waals surface area contributed by atoms with Gasteiger partial charge in [-0.2, -0.15) is 0 Å². The van der Waals surface area contributed by atoms with E-state index < -0.39 is 0 Å². The van der Waals surface area contributed by atoms with Gasteiger partial charge in [0, 0.05) is 50.4 Å². The number of para-hydroxylation sites is 1. The summed E-state index contributed by atoms with van der Waals surface area (Å²) in [6.45, 7) is 2.24. The molecule has 0 aliphatic heterocycles. The fraction of sp³-hybridized carbons (Fsp3) is 0.200. The molecule has 0 fully saturated rings. The summed E-state index contributed by atoms with van der Waals surface area (Å²) in [5.74, 6) is -0.230. The molecule has 0 aliphatic carbocycles. The zero-order valence-electron chi connectivity index (χ0n) is 14.6. The molecule has 0 unspecified atom stereocenters. The second-order valence-corrected chi connectivity index (χ2v) is 5.91. The number of hydrogen-bond donors (Lipinski definition) is 1. The summed E-state index contributed by atoms with van der Waals surface area (Å²) in [6.07, 6.45) is 5.29. The Balaban J connectivity index is 1.67. The van der Waals surface area contributed by atoms with Crippen LogP contribution < -0.4 is 10.2 Å². The third-order valence-corrected chi connectivity index (χ3v) is 4.08. The fourth-order valence-electron chi connectivity index (χ4n) is 2.76. The number of carbonyl (C=O) groups excluding carboxylic acids is 2. The first kappa shape index (κ1) is 17.5. The predicted molar refractivity (Wildman–Crippen MR) is 100 cm³/mol. The molecule has 6 nitrogen and oxygen atoms in total. The molecule has 0 bridgehead atoms. The molecule has 0 atom stereocenters. The normalized spacial score (nSPS) is 10.5. The Morgan fingerprint density at radius 3 is 2.58 bits per heavy atom. The lowest BCUT2D eigenvalue weighted by Crippen LogP contribution is -2.34. The lowest BCUT2D eigenvalue weighted by molar-refractivity contribution is -0.121. The number of anilines is 1. The van der Waals surface area contributed by atoms with Crippen LogP contribution in [0, 0.1) is 0 Å². The van der Waals surface area contributed by atoms with Crippen LogP contribution in [0.2, 0.25) is 0 Å². The van der Waals surface area contributed by atoms with E-state index in [0.717, 1.165) is 22.2 Å². The van der Waals surface area contributed by atoms with Crippen molar-refractivity contribution in [3.05, 3.63) is 66.6 Å². The molecule has 2 amide bonds. The summed E-state index contributed by atoms with van der Waals surface area (Å²) >= 11 is 0. The smallest absolute Gasteiger partial charge is 0.223 e. The molecule has 0 spiro atoms.